The van der Waals surface area contributed by atoms with Crippen molar-refractivity contribution in [1.82, 2.24) is 4.90 Å². The van der Waals surface area contributed by atoms with Crippen LogP contribution in [-0.2, 0) is 4.79 Å². The smallest absolute Gasteiger partial charge is 0.317 e. The van der Waals surface area contributed by atoms with Crippen LogP contribution in [0.1, 0.15) is 20.3 Å². The van der Waals surface area contributed by atoms with E-state index in [9.17, 15) is 9.90 Å². The zero-order valence-electron chi connectivity index (χ0n) is 7.87. The number of likely N-dealkylation sites (N-methyl/N-ethyl adjacent to an activating group) is 1. The van der Waals surface area contributed by atoms with E-state index in [0.29, 0.717) is 13.0 Å². The number of aliphatic carboxylic acids is 1. The molecule has 0 rings (SSSR count). The molecule has 0 aliphatic heterocycles. The van der Waals surface area contributed by atoms with Crippen LogP contribution in [0.3, 0.4) is 0 Å². The highest BCUT2D eigenvalue weighted by molar-refractivity contribution is 5.69. The number of carbonyl (C=O) groups is 1. The summed E-state index contributed by atoms with van der Waals surface area (Å²) in [5.74, 6) is -0.871. The predicted molar refractivity (Wildman–Crippen MR) is 46.0 cm³/mol. The molecule has 0 radical (unpaired) electrons. The van der Waals surface area contributed by atoms with Gasteiger partial charge in [0, 0.05) is 6.54 Å². The van der Waals surface area contributed by atoms with Crippen molar-refractivity contribution in [2.45, 2.75) is 25.9 Å². The lowest BCUT2D eigenvalue weighted by Crippen LogP contribution is -2.40. The summed E-state index contributed by atoms with van der Waals surface area (Å²) < 4.78 is 0. The molecule has 1 unspecified atom stereocenters. The quantitative estimate of drug-likeness (QED) is 0.625. The molecule has 1 atom stereocenters. The standard InChI is InChI=1S/C8H17NO3/c1-4-8(2,12)6-9(3)5-7(10)11/h12H,4-6H2,1-3H3,(H,10,11). The van der Waals surface area contributed by atoms with Crippen molar-refractivity contribution in [2.75, 3.05) is 20.1 Å². The third kappa shape index (κ3) is 5.09. The predicted octanol–water partition coefficient (Wildman–Crippen LogP) is 0.164. The molecule has 0 aromatic carbocycles. The maximum Gasteiger partial charge on any atom is 0.317 e. The van der Waals surface area contributed by atoms with Gasteiger partial charge in [-0.1, -0.05) is 6.92 Å². The topological polar surface area (TPSA) is 60.8 Å². The third-order valence-electron chi connectivity index (χ3n) is 1.78. The second kappa shape index (κ2) is 4.42. The van der Waals surface area contributed by atoms with Crippen molar-refractivity contribution in [3.8, 4) is 0 Å². The van der Waals surface area contributed by atoms with Gasteiger partial charge in [0.25, 0.3) is 0 Å². The zero-order valence-corrected chi connectivity index (χ0v) is 7.87. The van der Waals surface area contributed by atoms with Gasteiger partial charge in [0.2, 0.25) is 0 Å². The minimum absolute atomic E-state index is 0.0316. The van der Waals surface area contributed by atoms with Gasteiger partial charge in [-0.15, -0.1) is 0 Å². The average Bonchev–Trinajstić information content (AvgIpc) is 1.84. The molecule has 0 fully saturated rings. The second-order valence-electron chi connectivity index (χ2n) is 3.42. The molecule has 0 heterocycles. The fourth-order valence-corrected chi connectivity index (χ4v) is 0.980. The molecule has 4 heteroatoms. The molecule has 12 heavy (non-hydrogen) atoms. The van der Waals surface area contributed by atoms with Crippen molar-refractivity contribution in [3.05, 3.63) is 0 Å². The van der Waals surface area contributed by atoms with E-state index in [1.165, 1.54) is 0 Å². The van der Waals surface area contributed by atoms with Gasteiger partial charge < -0.3 is 10.2 Å². The summed E-state index contributed by atoms with van der Waals surface area (Å²) in [6.45, 7) is 3.92. The Labute approximate surface area is 72.8 Å². The third-order valence-corrected chi connectivity index (χ3v) is 1.78. The monoisotopic (exact) mass is 175 g/mol. The lowest BCUT2D eigenvalue weighted by molar-refractivity contribution is -0.138. The SMILES string of the molecule is CCC(C)(O)CN(C)CC(=O)O. The van der Waals surface area contributed by atoms with Crippen molar-refractivity contribution in [2.24, 2.45) is 0 Å². The molecule has 0 spiro atoms. The summed E-state index contributed by atoms with van der Waals surface area (Å²) in [5.41, 5.74) is -0.788. The Balaban J connectivity index is 3.83. The van der Waals surface area contributed by atoms with Crippen LogP contribution in [-0.4, -0.2) is 46.8 Å². The first kappa shape index (κ1) is 11.4. The van der Waals surface area contributed by atoms with Crippen molar-refractivity contribution >= 4 is 5.97 Å². The summed E-state index contributed by atoms with van der Waals surface area (Å²) in [6.07, 6.45) is 0.622. The van der Waals surface area contributed by atoms with Crippen LogP contribution < -0.4 is 0 Å². The first-order valence-electron chi connectivity index (χ1n) is 4.00. The van der Waals surface area contributed by atoms with Crippen LogP contribution in [0.15, 0.2) is 0 Å². The maximum atomic E-state index is 10.3. The number of aliphatic hydroxyl groups is 1. The van der Waals surface area contributed by atoms with Gasteiger partial charge in [0.05, 0.1) is 12.1 Å². The van der Waals surface area contributed by atoms with E-state index in [0.717, 1.165) is 0 Å². The van der Waals surface area contributed by atoms with Crippen molar-refractivity contribution < 1.29 is 15.0 Å². The maximum absolute atomic E-state index is 10.3. The highest BCUT2D eigenvalue weighted by Gasteiger charge is 2.20. The number of nitrogens with zero attached hydrogens (tertiary/aromatic N) is 1. The van der Waals surface area contributed by atoms with Gasteiger partial charge in [-0.2, -0.15) is 0 Å². The lowest BCUT2D eigenvalue weighted by Gasteiger charge is -2.26. The summed E-state index contributed by atoms with van der Waals surface area (Å²) in [5, 5.41) is 18.0. The molecule has 0 amide bonds. The molecule has 4 nitrogen and oxygen atoms in total. The number of carboxylic acid groups (broad SMARTS) is 1. The first-order chi connectivity index (χ1) is 5.37. The normalized spacial score (nSPS) is 16.1. The Hall–Kier alpha value is -0.610. The molecule has 0 aliphatic carbocycles. The van der Waals surface area contributed by atoms with E-state index >= 15 is 0 Å². The van der Waals surface area contributed by atoms with E-state index in [2.05, 4.69) is 0 Å². The summed E-state index contributed by atoms with van der Waals surface area (Å²) in [7, 11) is 1.68. The van der Waals surface area contributed by atoms with Gasteiger partial charge in [0.15, 0.2) is 0 Å². The minimum Gasteiger partial charge on any atom is -0.480 e. The highest BCUT2D eigenvalue weighted by atomic mass is 16.4. The van der Waals surface area contributed by atoms with E-state index in [1.807, 2.05) is 6.92 Å². The number of carboxylic acids is 1. The Kier molecular flexibility index (Phi) is 4.20. The minimum atomic E-state index is -0.871. The van der Waals surface area contributed by atoms with Gasteiger partial charge in [0.1, 0.15) is 0 Å². The fourth-order valence-electron chi connectivity index (χ4n) is 0.980. The molecule has 0 saturated carbocycles. The fraction of sp³-hybridized carbons (Fsp3) is 0.875. The van der Waals surface area contributed by atoms with Gasteiger partial charge >= 0.3 is 5.97 Å². The van der Waals surface area contributed by atoms with Crippen molar-refractivity contribution in [3.63, 3.8) is 0 Å². The lowest BCUT2D eigenvalue weighted by atomic mass is 10.0. The van der Waals surface area contributed by atoms with E-state index < -0.39 is 11.6 Å². The average molecular weight is 175 g/mol. The van der Waals surface area contributed by atoms with Gasteiger partial charge in [-0.25, -0.2) is 0 Å². The largest absolute Gasteiger partial charge is 0.480 e. The molecule has 0 saturated heterocycles. The highest BCUT2D eigenvalue weighted by Crippen LogP contribution is 2.09. The number of hydrogen-bond acceptors (Lipinski definition) is 3. The Morgan fingerprint density at radius 2 is 2.08 bits per heavy atom. The molecular formula is C8H17NO3. The van der Waals surface area contributed by atoms with Crippen molar-refractivity contribution in [1.29, 1.82) is 0 Å². The summed E-state index contributed by atoms with van der Waals surface area (Å²) in [6, 6.07) is 0. The summed E-state index contributed by atoms with van der Waals surface area (Å²) >= 11 is 0. The molecule has 0 aromatic rings. The van der Waals surface area contributed by atoms with Crippen LogP contribution in [0.5, 0.6) is 0 Å². The molecule has 0 aromatic heterocycles. The zero-order chi connectivity index (χ0) is 9.78. The Morgan fingerprint density at radius 1 is 1.58 bits per heavy atom. The molecule has 72 valence electrons. The molecule has 0 aliphatic rings. The van der Waals surface area contributed by atoms with Crippen LogP contribution >= 0.6 is 0 Å². The Morgan fingerprint density at radius 3 is 2.42 bits per heavy atom. The summed E-state index contributed by atoms with van der Waals surface area (Å²) in [4.78, 5) is 11.8. The molecule has 2 N–H and O–H groups in total. The van der Waals surface area contributed by atoms with Crippen LogP contribution in [0.2, 0.25) is 0 Å². The van der Waals surface area contributed by atoms with Crippen LogP contribution in [0.4, 0.5) is 0 Å². The number of rotatable bonds is 5. The van der Waals surface area contributed by atoms with Crippen LogP contribution in [0.25, 0.3) is 0 Å². The van der Waals surface area contributed by atoms with Gasteiger partial charge in [-0.05, 0) is 20.4 Å². The van der Waals surface area contributed by atoms with Crippen LogP contribution in [0, 0.1) is 0 Å². The first-order valence-corrected chi connectivity index (χ1v) is 4.00. The number of hydrogen-bond donors (Lipinski definition) is 2. The Bertz CT molecular complexity index is 156. The van der Waals surface area contributed by atoms with E-state index in [1.54, 1.807) is 18.9 Å². The van der Waals surface area contributed by atoms with E-state index in [-0.39, 0.29) is 6.54 Å². The second-order valence-corrected chi connectivity index (χ2v) is 3.42. The van der Waals surface area contributed by atoms with E-state index in [4.69, 9.17) is 5.11 Å². The molecule has 0 bridgehead atoms. The van der Waals surface area contributed by atoms with Gasteiger partial charge in [-0.3, -0.25) is 9.69 Å². The molecular weight excluding hydrogens is 158 g/mol.